The van der Waals surface area contributed by atoms with Crippen LogP contribution in [0.1, 0.15) is 11.5 Å². The van der Waals surface area contributed by atoms with Gasteiger partial charge in [0.1, 0.15) is 0 Å². The molecule has 114 valence electrons. The second-order valence-electron chi connectivity index (χ2n) is 4.61. The van der Waals surface area contributed by atoms with Crippen molar-refractivity contribution in [3.63, 3.8) is 0 Å². The van der Waals surface area contributed by atoms with Gasteiger partial charge in [-0.15, -0.1) is 10.2 Å². The fourth-order valence-corrected chi connectivity index (χ4v) is 2.17. The van der Waals surface area contributed by atoms with E-state index in [0.717, 1.165) is 0 Å². The Morgan fingerprint density at radius 2 is 1.91 bits per heavy atom. The summed E-state index contributed by atoms with van der Waals surface area (Å²) in [6.07, 6.45) is 3.25. The standard InChI is InChI=1S/C16H10ClN3O3/c17-14-7-2-1-6-13(14)16-19-18-15(23-16)9-8-11-4-3-5-12(10-11)20(21)22/h1-10H/b9-8+. The third-order valence-electron chi connectivity index (χ3n) is 3.04. The summed E-state index contributed by atoms with van der Waals surface area (Å²) < 4.78 is 5.52. The average Bonchev–Trinajstić information content (AvgIpc) is 3.02. The summed E-state index contributed by atoms with van der Waals surface area (Å²) in [5.41, 5.74) is 1.34. The number of nitrogens with zero attached hydrogens (tertiary/aromatic N) is 3. The van der Waals surface area contributed by atoms with E-state index in [1.54, 1.807) is 36.4 Å². The van der Waals surface area contributed by atoms with Crippen LogP contribution in [0.3, 0.4) is 0 Å². The smallest absolute Gasteiger partial charge is 0.270 e. The van der Waals surface area contributed by atoms with Crippen molar-refractivity contribution >= 4 is 29.4 Å². The Morgan fingerprint density at radius 3 is 2.70 bits per heavy atom. The van der Waals surface area contributed by atoms with Gasteiger partial charge in [0.2, 0.25) is 11.8 Å². The van der Waals surface area contributed by atoms with Crippen LogP contribution < -0.4 is 0 Å². The minimum atomic E-state index is -0.445. The summed E-state index contributed by atoms with van der Waals surface area (Å²) in [6.45, 7) is 0. The third kappa shape index (κ3) is 3.44. The molecule has 0 spiro atoms. The first-order valence-electron chi connectivity index (χ1n) is 6.64. The number of nitro benzene ring substituents is 1. The van der Waals surface area contributed by atoms with Crippen LogP contribution in [0.4, 0.5) is 5.69 Å². The van der Waals surface area contributed by atoms with Crippen molar-refractivity contribution in [2.24, 2.45) is 0 Å². The SMILES string of the molecule is O=[N+]([O-])c1cccc(/C=C/c2nnc(-c3ccccc3Cl)o2)c1. The molecule has 23 heavy (non-hydrogen) atoms. The molecular weight excluding hydrogens is 318 g/mol. The van der Waals surface area contributed by atoms with Crippen LogP contribution in [0.15, 0.2) is 52.9 Å². The predicted molar refractivity (Wildman–Crippen MR) is 86.8 cm³/mol. The van der Waals surface area contributed by atoms with E-state index in [-0.39, 0.29) is 11.6 Å². The largest absolute Gasteiger partial charge is 0.417 e. The average molecular weight is 328 g/mol. The molecule has 0 atom stereocenters. The zero-order chi connectivity index (χ0) is 16.2. The molecule has 7 heteroatoms. The number of nitro groups is 1. The van der Waals surface area contributed by atoms with E-state index >= 15 is 0 Å². The Kier molecular flexibility index (Phi) is 4.16. The highest BCUT2D eigenvalue weighted by atomic mass is 35.5. The summed E-state index contributed by atoms with van der Waals surface area (Å²) in [6, 6.07) is 13.4. The second-order valence-corrected chi connectivity index (χ2v) is 5.02. The van der Waals surface area contributed by atoms with Crippen LogP contribution in [0, 0.1) is 10.1 Å². The Bertz CT molecular complexity index is 890. The zero-order valence-electron chi connectivity index (χ0n) is 11.7. The lowest BCUT2D eigenvalue weighted by Crippen LogP contribution is -1.87. The van der Waals surface area contributed by atoms with Crippen LogP contribution in [0.5, 0.6) is 0 Å². The van der Waals surface area contributed by atoms with E-state index in [9.17, 15) is 10.1 Å². The summed E-state index contributed by atoms with van der Waals surface area (Å²) >= 11 is 6.08. The Balaban J connectivity index is 1.83. The lowest BCUT2D eigenvalue weighted by molar-refractivity contribution is -0.384. The van der Waals surface area contributed by atoms with Crippen molar-refractivity contribution in [1.82, 2.24) is 10.2 Å². The number of aromatic nitrogens is 2. The molecule has 0 bridgehead atoms. The Morgan fingerprint density at radius 1 is 1.09 bits per heavy atom. The lowest BCUT2D eigenvalue weighted by Gasteiger charge is -1.96. The zero-order valence-corrected chi connectivity index (χ0v) is 12.5. The summed E-state index contributed by atoms with van der Waals surface area (Å²) in [7, 11) is 0. The molecule has 0 aliphatic rings. The first kappa shape index (κ1) is 14.9. The van der Waals surface area contributed by atoms with Gasteiger partial charge in [-0.05, 0) is 23.8 Å². The van der Waals surface area contributed by atoms with Crippen LogP contribution in [-0.4, -0.2) is 15.1 Å². The number of rotatable bonds is 4. The van der Waals surface area contributed by atoms with Gasteiger partial charge in [0.05, 0.1) is 15.5 Å². The maximum absolute atomic E-state index is 10.7. The molecular formula is C16H10ClN3O3. The fraction of sp³-hybridized carbons (Fsp3) is 0. The summed E-state index contributed by atoms with van der Waals surface area (Å²) in [5, 5.41) is 19.1. The van der Waals surface area contributed by atoms with Gasteiger partial charge in [0.25, 0.3) is 5.69 Å². The van der Waals surface area contributed by atoms with E-state index in [2.05, 4.69) is 10.2 Å². The highest BCUT2D eigenvalue weighted by Crippen LogP contribution is 2.26. The van der Waals surface area contributed by atoms with E-state index in [0.29, 0.717) is 22.0 Å². The molecule has 0 unspecified atom stereocenters. The van der Waals surface area contributed by atoms with Gasteiger partial charge in [-0.3, -0.25) is 10.1 Å². The van der Waals surface area contributed by atoms with Gasteiger partial charge in [-0.25, -0.2) is 0 Å². The van der Waals surface area contributed by atoms with E-state index < -0.39 is 4.92 Å². The van der Waals surface area contributed by atoms with Gasteiger partial charge in [0.15, 0.2) is 0 Å². The second kappa shape index (κ2) is 6.41. The molecule has 0 N–H and O–H groups in total. The van der Waals surface area contributed by atoms with Gasteiger partial charge in [-0.2, -0.15) is 0 Å². The number of benzene rings is 2. The molecule has 1 aromatic heterocycles. The lowest BCUT2D eigenvalue weighted by atomic mass is 10.2. The normalized spacial score (nSPS) is 11.0. The van der Waals surface area contributed by atoms with E-state index in [1.165, 1.54) is 12.1 Å². The maximum atomic E-state index is 10.7. The van der Waals surface area contributed by atoms with Crippen LogP contribution in [-0.2, 0) is 0 Å². The monoisotopic (exact) mass is 327 g/mol. The van der Waals surface area contributed by atoms with Gasteiger partial charge in [-0.1, -0.05) is 35.9 Å². The van der Waals surface area contributed by atoms with Crippen molar-refractivity contribution < 1.29 is 9.34 Å². The summed E-state index contributed by atoms with van der Waals surface area (Å²) in [5.74, 6) is 0.598. The Hall–Kier alpha value is -2.99. The number of hydrogen-bond donors (Lipinski definition) is 0. The molecule has 3 rings (SSSR count). The number of hydrogen-bond acceptors (Lipinski definition) is 5. The van der Waals surface area contributed by atoms with Gasteiger partial charge >= 0.3 is 0 Å². The minimum absolute atomic E-state index is 0.0226. The molecule has 0 fully saturated rings. The number of non-ortho nitro benzene ring substituents is 1. The molecule has 2 aromatic carbocycles. The molecule has 0 aliphatic carbocycles. The maximum Gasteiger partial charge on any atom is 0.270 e. The molecule has 0 radical (unpaired) electrons. The van der Waals surface area contributed by atoms with Crippen molar-refractivity contribution in [2.75, 3.05) is 0 Å². The van der Waals surface area contributed by atoms with E-state index in [4.69, 9.17) is 16.0 Å². The topological polar surface area (TPSA) is 82.1 Å². The highest BCUT2D eigenvalue weighted by molar-refractivity contribution is 6.33. The molecule has 0 saturated carbocycles. The molecule has 0 aliphatic heterocycles. The predicted octanol–water partition coefficient (Wildman–Crippen LogP) is 4.47. The first-order valence-corrected chi connectivity index (χ1v) is 7.02. The van der Waals surface area contributed by atoms with Gasteiger partial charge in [0, 0.05) is 18.2 Å². The molecule has 0 saturated heterocycles. The highest BCUT2D eigenvalue weighted by Gasteiger charge is 2.10. The fourth-order valence-electron chi connectivity index (χ4n) is 1.95. The van der Waals surface area contributed by atoms with Crippen molar-refractivity contribution in [3.05, 3.63) is 75.1 Å². The first-order chi connectivity index (χ1) is 11.1. The molecule has 1 heterocycles. The van der Waals surface area contributed by atoms with Crippen LogP contribution >= 0.6 is 11.6 Å². The quantitative estimate of drug-likeness (QED) is 0.521. The third-order valence-corrected chi connectivity index (χ3v) is 3.37. The molecule has 3 aromatic rings. The van der Waals surface area contributed by atoms with Crippen molar-refractivity contribution in [2.45, 2.75) is 0 Å². The van der Waals surface area contributed by atoms with Crippen LogP contribution in [0.25, 0.3) is 23.6 Å². The van der Waals surface area contributed by atoms with Crippen LogP contribution in [0.2, 0.25) is 5.02 Å². The molecule has 0 amide bonds. The van der Waals surface area contributed by atoms with Gasteiger partial charge < -0.3 is 4.42 Å². The van der Waals surface area contributed by atoms with E-state index in [1.807, 2.05) is 12.1 Å². The van der Waals surface area contributed by atoms with Crippen molar-refractivity contribution in [3.8, 4) is 11.5 Å². The minimum Gasteiger partial charge on any atom is -0.417 e. The Labute approximate surface area is 136 Å². The molecule has 6 nitrogen and oxygen atoms in total. The summed E-state index contributed by atoms with van der Waals surface area (Å²) in [4.78, 5) is 10.3. The number of halogens is 1. The van der Waals surface area contributed by atoms with Crippen molar-refractivity contribution in [1.29, 1.82) is 0 Å².